The maximum absolute atomic E-state index is 12.4. The van der Waals surface area contributed by atoms with Gasteiger partial charge in [0.15, 0.2) is 5.69 Å². The van der Waals surface area contributed by atoms with E-state index in [1.54, 1.807) is 0 Å². The molecule has 0 saturated heterocycles. The Hall–Kier alpha value is -1.79. The third-order valence-electron chi connectivity index (χ3n) is 1.70. The van der Waals surface area contributed by atoms with Crippen LogP contribution in [-0.4, -0.2) is 15.0 Å². The van der Waals surface area contributed by atoms with Crippen LogP contribution in [0.3, 0.4) is 0 Å². The van der Waals surface area contributed by atoms with Crippen molar-refractivity contribution in [3.05, 3.63) is 18.0 Å². The number of aromatic nitrogens is 3. The Balaban J connectivity index is 2.80. The number of nitrogens with one attached hydrogen (secondary N) is 1. The van der Waals surface area contributed by atoms with Crippen LogP contribution in [-0.2, 0) is 6.18 Å². The van der Waals surface area contributed by atoms with E-state index in [0.717, 1.165) is 0 Å². The highest BCUT2D eigenvalue weighted by molar-refractivity contribution is 5.79. The number of rotatable bonds is 0. The van der Waals surface area contributed by atoms with Crippen molar-refractivity contribution in [2.75, 3.05) is 5.73 Å². The van der Waals surface area contributed by atoms with Crippen LogP contribution >= 0.6 is 0 Å². The van der Waals surface area contributed by atoms with Gasteiger partial charge in [0.1, 0.15) is 5.65 Å². The Labute approximate surface area is 76.0 Å². The lowest BCUT2D eigenvalue weighted by Crippen LogP contribution is -2.11. The second-order valence-corrected chi connectivity index (χ2v) is 2.67. The highest BCUT2D eigenvalue weighted by atomic mass is 19.4. The van der Waals surface area contributed by atoms with Gasteiger partial charge in [0, 0.05) is 11.6 Å². The number of hydrogen-bond donors (Lipinski definition) is 2. The summed E-state index contributed by atoms with van der Waals surface area (Å²) in [5, 5.41) is -0.0771. The van der Waals surface area contributed by atoms with E-state index in [-0.39, 0.29) is 11.0 Å². The lowest BCUT2D eigenvalue weighted by molar-refractivity contribution is -0.139. The van der Waals surface area contributed by atoms with Gasteiger partial charge in [0.25, 0.3) is 0 Å². The first kappa shape index (κ1) is 8.79. The molecule has 0 atom stereocenters. The summed E-state index contributed by atoms with van der Waals surface area (Å²) < 4.78 is 37.2. The van der Waals surface area contributed by atoms with Crippen molar-refractivity contribution >= 4 is 17.0 Å². The van der Waals surface area contributed by atoms with Crippen LogP contribution in [0.4, 0.5) is 19.1 Å². The largest absolute Gasteiger partial charge is 0.434 e. The minimum Gasteiger partial charge on any atom is -0.368 e. The van der Waals surface area contributed by atoms with Crippen molar-refractivity contribution in [3.8, 4) is 0 Å². The van der Waals surface area contributed by atoms with Crippen molar-refractivity contribution in [2.45, 2.75) is 6.18 Å². The molecule has 0 unspecified atom stereocenters. The number of nitrogens with two attached hydrogens (primary N) is 1. The lowest BCUT2D eigenvalue weighted by atomic mass is 10.3. The number of H-pyrrole nitrogens is 1. The van der Waals surface area contributed by atoms with Crippen molar-refractivity contribution in [3.63, 3.8) is 0 Å². The van der Waals surface area contributed by atoms with Crippen LogP contribution < -0.4 is 5.73 Å². The average Bonchev–Trinajstić information content (AvgIpc) is 2.47. The molecule has 2 rings (SSSR count). The first-order chi connectivity index (χ1) is 6.48. The first-order valence-corrected chi connectivity index (χ1v) is 3.66. The van der Waals surface area contributed by atoms with E-state index < -0.39 is 17.8 Å². The number of nitrogens with zero attached hydrogens (tertiary/aromatic N) is 2. The number of hydrogen-bond acceptors (Lipinski definition) is 3. The Morgan fingerprint density at radius 3 is 2.64 bits per heavy atom. The summed E-state index contributed by atoms with van der Waals surface area (Å²) in [6, 6.07) is 1.26. The Kier molecular flexibility index (Phi) is 1.63. The molecule has 0 bridgehead atoms. The number of fused-ring (bicyclic) bond motifs is 1. The zero-order valence-corrected chi connectivity index (χ0v) is 6.76. The normalized spacial score (nSPS) is 12.2. The number of anilines is 1. The van der Waals surface area contributed by atoms with Crippen LogP contribution in [0.15, 0.2) is 12.3 Å². The predicted molar refractivity (Wildman–Crippen MR) is 43.3 cm³/mol. The number of nitrogen functional groups attached to an aromatic ring is 1. The lowest BCUT2D eigenvalue weighted by Gasteiger charge is -2.06. The van der Waals surface area contributed by atoms with Gasteiger partial charge in [-0.25, -0.2) is 4.98 Å². The quantitative estimate of drug-likeness (QED) is 0.681. The number of alkyl halides is 3. The molecule has 3 N–H and O–H groups in total. The van der Waals surface area contributed by atoms with Gasteiger partial charge in [-0.1, -0.05) is 0 Å². The van der Waals surface area contributed by atoms with Gasteiger partial charge in [0.05, 0.1) is 0 Å². The van der Waals surface area contributed by atoms with Gasteiger partial charge in [0.2, 0.25) is 5.95 Å². The summed E-state index contributed by atoms with van der Waals surface area (Å²) in [4.78, 5) is 9.33. The van der Waals surface area contributed by atoms with Gasteiger partial charge in [-0.05, 0) is 6.07 Å². The molecule has 0 saturated carbocycles. The molecule has 0 aromatic carbocycles. The highest BCUT2D eigenvalue weighted by Gasteiger charge is 2.35. The van der Waals surface area contributed by atoms with Gasteiger partial charge >= 0.3 is 6.18 Å². The fourth-order valence-corrected chi connectivity index (χ4v) is 1.17. The second kappa shape index (κ2) is 2.60. The highest BCUT2D eigenvalue weighted by Crippen LogP contribution is 2.32. The SMILES string of the molecule is Nc1nc(C(F)(F)F)c2cc[nH]c2n1. The van der Waals surface area contributed by atoms with E-state index in [2.05, 4.69) is 15.0 Å². The Morgan fingerprint density at radius 2 is 2.00 bits per heavy atom. The maximum atomic E-state index is 12.4. The third-order valence-corrected chi connectivity index (χ3v) is 1.70. The van der Waals surface area contributed by atoms with Crippen molar-refractivity contribution in [1.29, 1.82) is 0 Å². The van der Waals surface area contributed by atoms with Gasteiger partial charge < -0.3 is 10.7 Å². The maximum Gasteiger partial charge on any atom is 0.434 e. The summed E-state index contributed by atoms with van der Waals surface area (Å²) in [6.07, 6.45) is -3.16. The molecule has 0 spiro atoms. The predicted octanol–water partition coefficient (Wildman–Crippen LogP) is 1.56. The second-order valence-electron chi connectivity index (χ2n) is 2.67. The molecule has 7 heteroatoms. The smallest absolute Gasteiger partial charge is 0.368 e. The van der Waals surface area contributed by atoms with Crippen LogP contribution in [0, 0.1) is 0 Å². The van der Waals surface area contributed by atoms with E-state index in [0.29, 0.717) is 0 Å². The van der Waals surface area contributed by atoms with E-state index in [9.17, 15) is 13.2 Å². The van der Waals surface area contributed by atoms with Gasteiger partial charge in [-0.2, -0.15) is 18.2 Å². The molecular weight excluding hydrogens is 197 g/mol. The van der Waals surface area contributed by atoms with Crippen LogP contribution in [0.25, 0.3) is 11.0 Å². The summed E-state index contributed by atoms with van der Waals surface area (Å²) in [5.41, 5.74) is 4.21. The van der Waals surface area contributed by atoms with E-state index in [1.165, 1.54) is 12.3 Å². The fraction of sp³-hybridized carbons (Fsp3) is 0.143. The van der Waals surface area contributed by atoms with Crippen LogP contribution in [0.2, 0.25) is 0 Å². The van der Waals surface area contributed by atoms with Gasteiger partial charge in [-0.3, -0.25) is 0 Å². The van der Waals surface area contributed by atoms with Crippen molar-refractivity contribution in [1.82, 2.24) is 15.0 Å². The zero-order valence-electron chi connectivity index (χ0n) is 6.76. The molecule has 0 aliphatic rings. The molecule has 0 radical (unpaired) electrons. The molecule has 2 heterocycles. The zero-order chi connectivity index (χ0) is 10.3. The summed E-state index contributed by atoms with van der Waals surface area (Å²) >= 11 is 0. The molecule has 2 aromatic heterocycles. The molecular formula is C7H5F3N4. The summed E-state index contributed by atoms with van der Waals surface area (Å²) in [5.74, 6) is -0.396. The molecule has 0 aliphatic carbocycles. The standard InChI is InChI=1S/C7H5F3N4/c8-7(9,10)4-3-1-2-12-5(3)14-6(11)13-4/h1-2H,(H3,11,12,13,14). The van der Waals surface area contributed by atoms with Crippen LogP contribution in [0.1, 0.15) is 5.69 Å². The number of aromatic amines is 1. The van der Waals surface area contributed by atoms with E-state index in [4.69, 9.17) is 5.73 Å². The minimum atomic E-state index is -4.52. The molecule has 74 valence electrons. The monoisotopic (exact) mass is 202 g/mol. The third kappa shape index (κ3) is 1.26. The summed E-state index contributed by atoms with van der Waals surface area (Å²) in [7, 11) is 0. The molecule has 2 aromatic rings. The van der Waals surface area contributed by atoms with E-state index >= 15 is 0 Å². The molecule has 4 nitrogen and oxygen atoms in total. The van der Waals surface area contributed by atoms with E-state index in [1.807, 2.05) is 0 Å². The van der Waals surface area contributed by atoms with Crippen molar-refractivity contribution < 1.29 is 13.2 Å². The fourth-order valence-electron chi connectivity index (χ4n) is 1.17. The Morgan fingerprint density at radius 1 is 1.29 bits per heavy atom. The van der Waals surface area contributed by atoms with Crippen LogP contribution in [0.5, 0.6) is 0 Å². The first-order valence-electron chi connectivity index (χ1n) is 3.66. The Bertz CT molecular complexity index is 473. The average molecular weight is 202 g/mol. The minimum absolute atomic E-state index is 0.0771. The summed E-state index contributed by atoms with van der Waals surface area (Å²) in [6.45, 7) is 0. The molecule has 0 fully saturated rings. The number of halogens is 3. The molecule has 0 aliphatic heterocycles. The van der Waals surface area contributed by atoms with Crippen molar-refractivity contribution in [2.24, 2.45) is 0 Å². The molecule has 14 heavy (non-hydrogen) atoms. The molecule has 0 amide bonds. The topological polar surface area (TPSA) is 67.6 Å². The van der Waals surface area contributed by atoms with Gasteiger partial charge in [-0.15, -0.1) is 0 Å².